The molecule has 0 saturated heterocycles. The van der Waals surface area contributed by atoms with Crippen LogP contribution in [0.15, 0.2) is 48.5 Å². The van der Waals surface area contributed by atoms with Crippen LogP contribution in [0.2, 0.25) is 12.6 Å². The summed E-state index contributed by atoms with van der Waals surface area (Å²) in [6, 6.07) is 19.7. The van der Waals surface area contributed by atoms with Crippen molar-refractivity contribution in [1.82, 2.24) is 0 Å². The van der Waals surface area contributed by atoms with Gasteiger partial charge in [0.2, 0.25) is 0 Å². The van der Waals surface area contributed by atoms with Crippen LogP contribution >= 0.6 is 0 Å². The van der Waals surface area contributed by atoms with Crippen LogP contribution in [-0.2, 0) is 5.41 Å². The monoisotopic (exact) mass is 607 g/mol. The first-order chi connectivity index (χ1) is 21.5. The lowest BCUT2D eigenvalue weighted by atomic mass is 9.35. The molecule has 246 valence electrons. The van der Waals surface area contributed by atoms with Crippen molar-refractivity contribution in [3.05, 3.63) is 65.2 Å². The van der Waals surface area contributed by atoms with E-state index >= 15 is 0 Å². The van der Waals surface area contributed by atoms with Gasteiger partial charge in [-0.05, 0) is 63.6 Å². The standard InChI is InChI=1S/C44H67B/c1-10-13-15-17-19-23-29-44(30-24-20-18-16-14-11-2)38-31-34(4)27-28-37(38)41-36-26-22-21-25-35(36)40(32-39(41)44)45(12-3)33-43(8,9)42(5,6)7/h21-22,25-28,31-32H,10-20,23-24,29-30,33H2,1-9H3. The van der Waals surface area contributed by atoms with Gasteiger partial charge in [0.15, 0.2) is 6.71 Å². The zero-order valence-electron chi connectivity index (χ0n) is 31.0. The molecule has 1 heteroatoms. The number of benzene rings is 3. The second-order valence-corrected chi connectivity index (χ2v) is 16.5. The first-order valence-corrected chi connectivity index (χ1v) is 19.2. The zero-order chi connectivity index (χ0) is 32.7. The third-order valence-corrected chi connectivity index (χ3v) is 12.2. The molecule has 45 heavy (non-hydrogen) atoms. The van der Waals surface area contributed by atoms with Crippen molar-refractivity contribution in [2.45, 2.75) is 170 Å². The van der Waals surface area contributed by atoms with Crippen LogP contribution in [-0.4, -0.2) is 6.71 Å². The predicted molar refractivity (Wildman–Crippen MR) is 205 cm³/mol. The van der Waals surface area contributed by atoms with Crippen molar-refractivity contribution >= 4 is 22.9 Å². The Morgan fingerprint density at radius 3 is 1.73 bits per heavy atom. The third-order valence-electron chi connectivity index (χ3n) is 12.2. The smallest absolute Gasteiger partial charge is 0.0726 e. The van der Waals surface area contributed by atoms with Gasteiger partial charge in [0.05, 0.1) is 0 Å². The molecule has 0 aromatic heterocycles. The molecule has 0 unspecified atom stereocenters. The summed E-state index contributed by atoms with van der Waals surface area (Å²) in [6.07, 6.45) is 21.4. The number of fused-ring (bicyclic) bond motifs is 5. The third kappa shape index (κ3) is 7.93. The van der Waals surface area contributed by atoms with Gasteiger partial charge in [0.25, 0.3) is 0 Å². The van der Waals surface area contributed by atoms with Crippen molar-refractivity contribution in [3.63, 3.8) is 0 Å². The molecule has 3 aromatic rings. The lowest BCUT2D eigenvalue weighted by molar-refractivity contribution is 0.156. The van der Waals surface area contributed by atoms with Gasteiger partial charge in [0, 0.05) is 5.41 Å². The molecule has 0 nitrogen and oxygen atoms in total. The maximum atomic E-state index is 2.77. The molecule has 1 aliphatic carbocycles. The lowest BCUT2D eigenvalue weighted by Gasteiger charge is -2.41. The molecule has 0 heterocycles. The van der Waals surface area contributed by atoms with Gasteiger partial charge >= 0.3 is 0 Å². The van der Waals surface area contributed by atoms with Crippen LogP contribution < -0.4 is 5.46 Å². The van der Waals surface area contributed by atoms with Crippen molar-refractivity contribution < 1.29 is 0 Å². The van der Waals surface area contributed by atoms with Crippen LogP contribution in [0, 0.1) is 17.8 Å². The SMILES string of the molecule is CCCCCCCCC1(CCCCCCCC)c2cc(C)ccc2-c2c1cc(B(CC)CC(C)(C)C(C)(C)C)c1ccccc21. The maximum Gasteiger partial charge on any atom is 0.176 e. The normalized spacial score (nSPS) is 14.2. The first kappa shape index (κ1) is 35.8. The number of aryl methyl sites for hydroxylation is 1. The second-order valence-electron chi connectivity index (χ2n) is 16.5. The molecule has 3 aromatic carbocycles. The van der Waals surface area contributed by atoms with Crippen LogP contribution in [0.4, 0.5) is 0 Å². The minimum Gasteiger partial charge on any atom is -0.0726 e. The molecule has 0 radical (unpaired) electrons. The van der Waals surface area contributed by atoms with Gasteiger partial charge in [-0.3, -0.25) is 0 Å². The number of rotatable bonds is 18. The minimum absolute atomic E-state index is 0.128. The molecule has 0 amide bonds. The molecule has 0 atom stereocenters. The summed E-state index contributed by atoms with van der Waals surface area (Å²) in [5.41, 5.74) is 10.1. The quantitative estimate of drug-likeness (QED) is 0.0998. The summed E-state index contributed by atoms with van der Waals surface area (Å²) >= 11 is 0. The molecule has 0 saturated carbocycles. The Hall–Kier alpha value is -2.02. The zero-order valence-corrected chi connectivity index (χ0v) is 31.0. The van der Waals surface area contributed by atoms with E-state index in [4.69, 9.17) is 0 Å². The Morgan fingerprint density at radius 1 is 0.622 bits per heavy atom. The highest BCUT2D eigenvalue weighted by Gasteiger charge is 2.44. The van der Waals surface area contributed by atoms with E-state index in [-0.39, 0.29) is 16.2 Å². The van der Waals surface area contributed by atoms with Gasteiger partial charge in [-0.25, -0.2) is 0 Å². The summed E-state index contributed by atoms with van der Waals surface area (Å²) in [4.78, 5) is 0. The average Bonchev–Trinajstić information content (AvgIpc) is 3.27. The van der Waals surface area contributed by atoms with Gasteiger partial charge in [0.1, 0.15) is 0 Å². The highest BCUT2D eigenvalue weighted by molar-refractivity contribution is 6.75. The molecular weight excluding hydrogens is 539 g/mol. The van der Waals surface area contributed by atoms with Crippen molar-refractivity contribution in [1.29, 1.82) is 0 Å². The molecule has 0 N–H and O–H groups in total. The van der Waals surface area contributed by atoms with Crippen LogP contribution in [0.25, 0.3) is 21.9 Å². The maximum absolute atomic E-state index is 2.77. The van der Waals surface area contributed by atoms with E-state index in [1.165, 1.54) is 124 Å². The first-order valence-electron chi connectivity index (χ1n) is 19.2. The average molecular weight is 607 g/mol. The summed E-state index contributed by atoms with van der Waals surface area (Å²) in [5, 5.41) is 2.99. The Balaban J connectivity index is 1.87. The fourth-order valence-electron chi connectivity index (χ4n) is 8.30. The molecule has 4 rings (SSSR count). The summed E-state index contributed by atoms with van der Waals surface area (Å²) in [5.74, 6) is 0. The van der Waals surface area contributed by atoms with E-state index in [1.807, 2.05) is 0 Å². The van der Waals surface area contributed by atoms with Gasteiger partial charge < -0.3 is 0 Å². The van der Waals surface area contributed by atoms with Crippen LogP contribution in [0.1, 0.15) is 162 Å². The Kier molecular flexibility index (Phi) is 12.5. The van der Waals surface area contributed by atoms with Crippen LogP contribution in [0.3, 0.4) is 0 Å². The number of hydrogen-bond acceptors (Lipinski definition) is 0. The fourth-order valence-corrected chi connectivity index (χ4v) is 8.30. The second kappa shape index (κ2) is 15.7. The van der Waals surface area contributed by atoms with E-state index in [2.05, 4.69) is 111 Å². The van der Waals surface area contributed by atoms with Gasteiger partial charge in [-0.1, -0.05) is 205 Å². The summed E-state index contributed by atoms with van der Waals surface area (Å²) in [6.45, 7) is 22.3. The summed E-state index contributed by atoms with van der Waals surface area (Å²) < 4.78 is 0. The van der Waals surface area contributed by atoms with Crippen molar-refractivity contribution in [3.8, 4) is 11.1 Å². The topological polar surface area (TPSA) is 0 Å². The molecular formula is C44H67B. The highest BCUT2D eigenvalue weighted by Crippen LogP contribution is 2.56. The van der Waals surface area contributed by atoms with Gasteiger partial charge in [-0.15, -0.1) is 0 Å². The molecule has 1 aliphatic rings. The Labute approximate surface area is 279 Å². The van der Waals surface area contributed by atoms with Crippen molar-refractivity contribution in [2.24, 2.45) is 10.8 Å². The van der Waals surface area contributed by atoms with E-state index < -0.39 is 0 Å². The summed E-state index contributed by atoms with van der Waals surface area (Å²) in [7, 11) is 0. The van der Waals surface area contributed by atoms with E-state index in [9.17, 15) is 0 Å². The number of unbranched alkanes of at least 4 members (excludes halogenated alkanes) is 10. The molecule has 0 spiro atoms. The van der Waals surface area contributed by atoms with E-state index in [1.54, 1.807) is 22.2 Å². The van der Waals surface area contributed by atoms with Crippen LogP contribution in [0.5, 0.6) is 0 Å². The Morgan fingerprint density at radius 2 is 1.18 bits per heavy atom. The molecule has 0 bridgehead atoms. The number of hydrogen-bond donors (Lipinski definition) is 0. The predicted octanol–water partition coefficient (Wildman–Crippen LogP) is 13.7. The van der Waals surface area contributed by atoms with E-state index in [0.717, 1.165) is 0 Å². The highest BCUT2D eigenvalue weighted by atomic mass is 14.5. The molecule has 0 fully saturated rings. The lowest BCUT2D eigenvalue weighted by Crippen LogP contribution is -2.40. The fraction of sp³-hybridized carbons (Fsp3) is 0.636. The molecule has 0 aliphatic heterocycles. The Bertz CT molecular complexity index is 1350. The van der Waals surface area contributed by atoms with E-state index in [0.29, 0.717) is 6.71 Å². The minimum atomic E-state index is 0.128. The van der Waals surface area contributed by atoms with Gasteiger partial charge in [-0.2, -0.15) is 0 Å². The van der Waals surface area contributed by atoms with Crippen molar-refractivity contribution in [2.75, 3.05) is 0 Å². The largest absolute Gasteiger partial charge is 0.176 e.